The molecule has 0 aliphatic carbocycles. The van der Waals surface area contributed by atoms with Crippen molar-refractivity contribution in [2.24, 2.45) is 4.99 Å². The molecule has 1 unspecified atom stereocenters. The number of carbonyl (C=O) groups is 1. The molecule has 2 aromatic rings. The second kappa shape index (κ2) is 11.0. The van der Waals surface area contributed by atoms with Gasteiger partial charge >= 0.3 is 0 Å². The molecule has 0 spiro atoms. The normalized spacial score (nSPS) is 18.3. The topological polar surface area (TPSA) is 45.1 Å². The van der Waals surface area contributed by atoms with Gasteiger partial charge in [0.1, 0.15) is 6.10 Å². The number of benzene rings is 2. The highest BCUT2D eigenvalue weighted by Gasteiger charge is 2.23. The predicted molar refractivity (Wildman–Crippen MR) is 135 cm³/mol. The lowest BCUT2D eigenvalue weighted by Gasteiger charge is -2.28. The summed E-state index contributed by atoms with van der Waals surface area (Å²) in [6.07, 6.45) is 4.17. The van der Waals surface area contributed by atoms with E-state index in [0.717, 1.165) is 63.6 Å². The molecule has 1 atom stereocenters. The van der Waals surface area contributed by atoms with E-state index in [0.29, 0.717) is 10.6 Å². The number of aliphatic imine (C=N–C) groups is 1. The third-order valence-electron chi connectivity index (χ3n) is 6.39. The van der Waals surface area contributed by atoms with Crippen molar-refractivity contribution in [2.45, 2.75) is 32.8 Å². The number of hydrogen-bond acceptors (Lipinski definition) is 4. The fourth-order valence-corrected chi connectivity index (χ4v) is 4.44. The highest BCUT2D eigenvalue weighted by Crippen LogP contribution is 2.22. The number of likely N-dealkylation sites (N-methyl/N-ethyl adjacent to an activating group) is 1. The van der Waals surface area contributed by atoms with Gasteiger partial charge in [0.15, 0.2) is 0 Å². The average molecular weight is 466 g/mol. The van der Waals surface area contributed by atoms with Crippen LogP contribution in [0.25, 0.3) is 6.08 Å². The fraction of sp³-hybridized carbons (Fsp3) is 0.407. The third-order valence-corrected chi connectivity index (χ3v) is 6.64. The zero-order valence-electron chi connectivity index (χ0n) is 19.5. The number of nitrogens with zero attached hydrogens (tertiary/aromatic N) is 3. The van der Waals surface area contributed by atoms with E-state index in [1.165, 1.54) is 11.1 Å². The van der Waals surface area contributed by atoms with Crippen LogP contribution in [0.15, 0.2) is 59.1 Å². The first-order valence-corrected chi connectivity index (χ1v) is 12.2. The van der Waals surface area contributed by atoms with Gasteiger partial charge in [-0.2, -0.15) is 0 Å². The molecule has 2 aromatic carbocycles. The van der Waals surface area contributed by atoms with Gasteiger partial charge in [0.25, 0.3) is 5.91 Å². The Hall–Kier alpha value is -2.63. The molecule has 174 valence electrons. The van der Waals surface area contributed by atoms with Crippen molar-refractivity contribution in [3.05, 3.63) is 75.8 Å². The summed E-state index contributed by atoms with van der Waals surface area (Å²) < 4.78 is 6.10. The summed E-state index contributed by atoms with van der Waals surface area (Å²) in [5, 5.41) is 0.646. The minimum absolute atomic E-state index is 0.0757. The first-order chi connectivity index (χ1) is 16.1. The van der Waals surface area contributed by atoms with Crippen LogP contribution in [-0.2, 0) is 4.74 Å². The van der Waals surface area contributed by atoms with E-state index in [9.17, 15) is 4.79 Å². The van der Waals surface area contributed by atoms with Gasteiger partial charge in [-0.05, 0) is 67.9 Å². The highest BCUT2D eigenvalue weighted by molar-refractivity contribution is 6.30. The van der Waals surface area contributed by atoms with Gasteiger partial charge in [-0.1, -0.05) is 49.2 Å². The van der Waals surface area contributed by atoms with E-state index in [1.54, 1.807) is 24.3 Å². The summed E-state index contributed by atoms with van der Waals surface area (Å²) in [5.74, 6) is 0.826. The number of halogens is 1. The lowest BCUT2D eigenvalue weighted by atomic mass is 9.99. The predicted octanol–water partition coefficient (Wildman–Crippen LogP) is 5.15. The molecule has 2 heterocycles. The Kier molecular flexibility index (Phi) is 7.84. The Bertz CT molecular complexity index is 1000. The minimum atomic E-state index is 0.0757. The molecule has 0 radical (unpaired) electrons. The van der Waals surface area contributed by atoms with Crippen LogP contribution in [0.1, 0.15) is 48.2 Å². The van der Waals surface area contributed by atoms with E-state index < -0.39 is 0 Å². The number of ether oxygens (including phenoxy) is 1. The van der Waals surface area contributed by atoms with Gasteiger partial charge in [0.2, 0.25) is 5.90 Å². The molecule has 6 heteroatoms. The number of piperidine rings is 1. The summed E-state index contributed by atoms with van der Waals surface area (Å²) >= 11 is 5.93. The van der Waals surface area contributed by atoms with E-state index in [1.807, 2.05) is 4.90 Å². The smallest absolute Gasteiger partial charge is 0.253 e. The van der Waals surface area contributed by atoms with Gasteiger partial charge in [-0.25, -0.2) is 4.99 Å². The Balaban J connectivity index is 1.30. The van der Waals surface area contributed by atoms with E-state index in [-0.39, 0.29) is 12.0 Å². The molecule has 0 saturated carbocycles. The number of hydrogen-bond donors (Lipinski definition) is 0. The molecule has 33 heavy (non-hydrogen) atoms. The van der Waals surface area contributed by atoms with Crippen molar-refractivity contribution in [1.29, 1.82) is 0 Å². The number of carbonyl (C=O) groups excluding carboxylic acids is 1. The number of rotatable bonds is 7. The zero-order valence-corrected chi connectivity index (χ0v) is 20.2. The van der Waals surface area contributed by atoms with Gasteiger partial charge in [-0.3, -0.25) is 4.79 Å². The van der Waals surface area contributed by atoms with Crippen molar-refractivity contribution in [3.63, 3.8) is 0 Å². The van der Waals surface area contributed by atoms with Crippen molar-refractivity contribution in [2.75, 3.05) is 39.3 Å². The largest absolute Gasteiger partial charge is 0.471 e. The molecular formula is C27H32ClN3O2. The van der Waals surface area contributed by atoms with Gasteiger partial charge in [0, 0.05) is 35.8 Å². The van der Waals surface area contributed by atoms with Crippen LogP contribution in [-0.4, -0.2) is 67.0 Å². The van der Waals surface area contributed by atoms with Crippen LogP contribution in [0.3, 0.4) is 0 Å². The van der Waals surface area contributed by atoms with E-state index >= 15 is 0 Å². The molecule has 0 bridgehead atoms. The third kappa shape index (κ3) is 6.04. The zero-order chi connectivity index (χ0) is 23.2. The fourth-order valence-electron chi connectivity index (χ4n) is 4.32. The monoisotopic (exact) mass is 465 g/mol. The van der Waals surface area contributed by atoms with Gasteiger partial charge < -0.3 is 14.5 Å². The molecule has 0 aromatic heterocycles. The Morgan fingerprint density at radius 2 is 1.76 bits per heavy atom. The molecule has 0 N–H and O–H groups in total. The summed E-state index contributed by atoms with van der Waals surface area (Å²) in [7, 11) is 0. The van der Waals surface area contributed by atoms with Crippen LogP contribution in [0, 0.1) is 0 Å². The summed E-state index contributed by atoms with van der Waals surface area (Å²) in [6.45, 7) is 9.53. The maximum atomic E-state index is 12.7. The van der Waals surface area contributed by atoms with Crippen molar-refractivity contribution in [3.8, 4) is 0 Å². The van der Waals surface area contributed by atoms with Crippen LogP contribution in [0.2, 0.25) is 5.02 Å². The van der Waals surface area contributed by atoms with E-state index in [2.05, 4.69) is 54.1 Å². The summed E-state index contributed by atoms with van der Waals surface area (Å²) in [6, 6.07) is 15.5. The molecular weight excluding hydrogens is 434 g/mol. The molecule has 4 rings (SSSR count). The molecule has 1 saturated heterocycles. The number of amides is 1. The average Bonchev–Trinajstić information content (AvgIpc) is 3.32. The molecule has 2 aliphatic rings. The Morgan fingerprint density at radius 3 is 2.39 bits per heavy atom. The van der Waals surface area contributed by atoms with Gasteiger partial charge in [0.05, 0.1) is 6.54 Å². The first kappa shape index (κ1) is 23.5. The first-order valence-electron chi connectivity index (χ1n) is 11.8. The molecule has 1 fully saturated rings. The van der Waals surface area contributed by atoms with Crippen molar-refractivity contribution < 1.29 is 9.53 Å². The quantitative estimate of drug-likeness (QED) is 0.568. The van der Waals surface area contributed by atoms with Crippen LogP contribution < -0.4 is 0 Å². The van der Waals surface area contributed by atoms with Crippen LogP contribution >= 0.6 is 11.6 Å². The Morgan fingerprint density at radius 1 is 1.09 bits per heavy atom. The number of likely N-dealkylation sites (tertiary alicyclic amines) is 1. The van der Waals surface area contributed by atoms with Crippen LogP contribution in [0.4, 0.5) is 0 Å². The Labute approximate surface area is 201 Å². The summed E-state index contributed by atoms with van der Waals surface area (Å²) in [5.41, 5.74) is 4.27. The molecule has 2 aliphatic heterocycles. The van der Waals surface area contributed by atoms with Crippen molar-refractivity contribution in [1.82, 2.24) is 9.80 Å². The summed E-state index contributed by atoms with van der Waals surface area (Å²) in [4.78, 5) is 21.6. The lowest BCUT2D eigenvalue weighted by molar-refractivity contribution is 0.0744. The second-order valence-electron chi connectivity index (χ2n) is 8.60. The van der Waals surface area contributed by atoms with E-state index in [4.69, 9.17) is 16.3 Å². The standard InChI is InChI=1S/C27H32ClN3O2/c1-3-30(4-2)19-25-18-29-26(33-25)22-7-5-20(6-8-22)17-21-13-15-31(16-14-21)27(32)23-9-11-24(28)12-10-23/h5-12,17,25H,3-4,13-16,18-19H2,1-2H3. The highest BCUT2D eigenvalue weighted by atomic mass is 35.5. The van der Waals surface area contributed by atoms with Crippen LogP contribution in [0.5, 0.6) is 0 Å². The molecule has 5 nitrogen and oxygen atoms in total. The maximum Gasteiger partial charge on any atom is 0.253 e. The second-order valence-corrected chi connectivity index (χ2v) is 9.03. The van der Waals surface area contributed by atoms with Gasteiger partial charge in [-0.15, -0.1) is 0 Å². The maximum absolute atomic E-state index is 12.7. The molecule has 1 amide bonds. The van der Waals surface area contributed by atoms with Crippen molar-refractivity contribution >= 4 is 29.5 Å². The SMILES string of the molecule is CCN(CC)CC1CN=C(c2ccc(C=C3CCN(C(=O)c4ccc(Cl)cc4)CC3)cc2)O1. The lowest BCUT2D eigenvalue weighted by Crippen LogP contribution is -2.36. The minimum Gasteiger partial charge on any atom is -0.471 e.